The van der Waals surface area contributed by atoms with Crippen LogP contribution in [0.4, 0.5) is 0 Å². The highest BCUT2D eigenvalue weighted by Gasteiger charge is 2.13. The van der Waals surface area contributed by atoms with Gasteiger partial charge in [0.25, 0.3) is 0 Å². The number of rotatable bonds is 13. The number of hydrogen-bond acceptors (Lipinski definition) is 4. The van der Waals surface area contributed by atoms with Crippen LogP contribution in [-0.2, 0) is 14.4 Å². The van der Waals surface area contributed by atoms with Gasteiger partial charge in [-0.15, -0.1) is 0 Å². The molecule has 8 nitrogen and oxygen atoms in total. The third kappa shape index (κ3) is 11.6. The van der Waals surface area contributed by atoms with Gasteiger partial charge in [0.05, 0.1) is 19.0 Å². The zero-order valence-corrected chi connectivity index (χ0v) is 16.7. The van der Waals surface area contributed by atoms with Crippen LogP contribution in [0.5, 0.6) is 0 Å². The Morgan fingerprint density at radius 1 is 0.778 bits per heavy atom. The minimum Gasteiger partial charge on any atom is -0.343 e. The van der Waals surface area contributed by atoms with E-state index in [1.807, 2.05) is 6.07 Å². The molecule has 0 aliphatic rings. The molecule has 0 rings (SSSR count). The molecule has 0 saturated carbocycles. The molecule has 0 atom stereocenters. The molecule has 0 aliphatic heterocycles. The first-order valence-electron chi connectivity index (χ1n) is 9.30. The molecule has 0 aromatic carbocycles. The highest BCUT2D eigenvalue weighted by atomic mass is 16.2. The van der Waals surface area contributed by atoms with Crippen molar-refractivity contribution in [3.8, 4) is 6.07 Å². The predicted molar refractivity (Wildman–Crippen MR) is 102 cm³/mol. The molecule has 0 fully saturated rings. The minimum absolute atomic E-state index is 0.0159. The smallest absolute Gasteiger partial charge is 0.232 e. The molecule has 0 bridgehead atoms. The van der Waals surface area contributed by atoms with Crippen molar-refractivity contribution in [1.29, 1.82) is 5.26 Å². The van der Waals surface area contributed by atoms with Gasteiger partial charge in [0.2, 0.25) is 24.3 Å². The summed E-state index contributed by atoms with van der Waals surface area (Å²) in [5, 5.41) is 8.65. The van der Waals surface area contributed by atoms with E-state index in [1.165, 1.54) is 20.8 Å². The quantitative estimate of drug-likeness (QED) is 0.360. The molecule has 0 heterocycles. The largest absolute Gasteiger partial charge is 0.343 e. The Hall–Kier alpha value is -2.61. The first-order valence-corrected chi connectivity index (χ1v) is 9.30. The molecule has 0 saturated heterocycles. The van der Waals surface area contributed by atoms with Crippen LogP contribution in [0.2, 0.25) is 0 Å². The number of nitrogens with zero attached hydrogens (tertiary/aromatic N) is 5. The van der Waals surface area contributed by atoms with Crippen molar-refractivity contribution in [2.75, 3.05) is 45.8 Å². The third-order valence-corrected chi connectivity index (χ3v) is 4.27. The van der Waals surface area contributed by atoms with E-state index >= 15 is 0 Å². The van der Waals surface area contributed by atoms with E-state index in [4.69, 9.17) is 11.8 Å². The van der Waals surface area contributed by atoms with Gasteiger partial charge < -0.3 is 19.5 Å². The summed E-state index contributed by atoms with van der Waals surface area (Å²) >= 11 is 0. The van der Waals surface area contributed by atoms with E-state index in [9.17, 15) is 14.4 Å². The summed E-state index contributed by atoms with van der Waals surface area (Å²) in [5.74, 6) is -0.120. The van der Waals surface area contributed by atoms with Crippen LogP contribution in [0.3, 0.4) is 0 Å². The summed E-state index contributed by atoms with van der Waals surface area (Å²) in [5.41, 5.74) is 0. The van der Waals surface area contributed by atoms with Gasteiger partial charge in [-0.2, -0.15) is 5.26 Å². The number of carbonyl (C=O) groups is 3. The number of hydrogen-bond donors (Lipinski definition) is 0. The van der Waals surface area contributed by atoms with Crippen molar-refractivity contribution in [3.63, 3.8) is 0 Å². The monoisotopic (exact) mass is 377 g/mol. The van der Waals surface area contributed by atoms with Gasteiger partial charge in [0, 0.05) is 53.5 Å². The van der Waals surface area contributed by atoms with Gasteiger partial charge in [-0.05, 0) is 19.3 Å². The number of unbranched alkanes of at least 4 members (excludes halogenated alkanes) is 1. The van der Waals surface area contributed by atoms with Crippen molar-refractivity contribution in [1.82, 2.24) is 14.7 Å². The first-order chi connectivity index (χ1) is 12.8. The van der Waals surface area contributed by atoms with Crippen molar-refractivity contribution < 1.29 is 14.4 Å². The lowest BCUT2D eigenvalue weighted by atomic mass is 10.2. The van der Waals surface area contributed by atoms with Crippen molar-refractivity contribution in [2.24, 2.45) is 0 Å². The van der Waals surface area contributed by atoms with Crippen molar-refractivity contribution in [2.45, 2.75) is 46.5 Å². The predicted octanol–water partition coefficient (Wildman–Crippen LogP) is 1.54. The van der Waals surface area contributed by atoms with Gasteiger partial charge in [0.15, 0.2) is 0 Å². The van der Waals surface area contributed by atoms with Crippen LogP contribution in [0.1, 0.15) is 46.5 Å². The normalized spacial score (nSPS) is 9.81. The van der Waals surface area contributed by atoms with Crippen molar-refractivity contribution >= 4 is 17.7 Å². The minimum atomic E-state index is -0.0663. The Bertz CT molecular complexity index is 565. The standard InChI is InChI=1S/C19H31N5O3/c1-17(25)22(14-8-15-23(18(2)26)13-7-9-20)11-5-6-12-24(19(3)27)16-10-21-4/h5-8,10-16H2,1-3H3. The summed E-state index contributed by atoms with van der Waals surface area (Å²) < 4.78 is 0. The third-order valence-electron chi connectivity index (χ3n) is 4.27. The second-order valence-electron chi connectivity index (χ2n) is 6.37. The Morgan fingerprint density at radius 3 is 1.59 bits per heavy atom. The fraction of sp³-hybridized carbons (Fsp3) is 0.737. The lowest BCUT2D eigenvalue weighted by Crippen LogP contribution is -2.36. The summed E-state index contributed by atoms with van der Waals surface area (Å²) in [7, 11) is 0. The number of amides is 3. The van der Waals surface area contributed by atoms with Gasteiger partial charge in [-0.25, -0.2) is 6.57 Å². The Morgan fingerprint density at radius 2 is 1.19 bits per heavy atom. The Labute approximate surface area is 162 Å². The molecule has 0 unspecified atom stereocenters. The maximum atomic E-state index is 11.8. The van der Waals surface area contributed by atoms with E-state index in [2.05, 4.69) is 4.85 Å². The maximum Gasteiger partial charge on any atom is 0.232 e. The van der Waals surface area contributed by atoms with Crippen LogP contribution in [0.25, 0.3) is 4.85 Å². The zero-order valence-electron chi connectivity index (χ0n) is 16.7. The molecule has 0 radical (unpaired) electrons. The van der Waals surface area contributed by atoms with Gasteiger partial charge >= 0.3 is 0 Å². The highest BCUT2D eigenvalue weighted by Crippen LogP contribution is 2.03. The fourth-order valence-corrected chi connectivity index (χ4v) is 2.69. The average Bonchev–Trinajstić information content (AvgIpc) is 2.61. The van der Waals surface area contributed by atoms with Crippen LogP contribution >= 0.6 is 0 Å². The van der Waals surface area contributed by atoms with E-state index < -0.39 is 0 Å². The summed E-state index contributed by atoms with van der Waals surface area (Å²) in [6.45, 7) is 14.7. The Balaban J connectivity index is 4.28. The van der Waals surface area contributed by atoms with Crippen LogP contribution in [-0.4, -0.2) is 78.2 Å². The van der Waals surface area contributed by atoms with E-state index in [1.54, 1.807) is 14.7 Å². The first kappa shape index (κ1) is 24.4. The number of nitriles is 1. The summed E-state index contributed by atoms with van der Waals surface area (Å²) in [4.78, 5) is 43.2. The van der Waals surface area contributed by atoms with E-state index in [-0.39, 0.29) is 17.7 Å². The molecule has 27 heavy (non-hydrogen) atoms. The van der Waals surface area contributed by atoms with Gasteiger partial charge in [-0.3, -0.25) is 14.4 Å². The van der Waals surface area contributed by atoms with E-state index in [0.717, 1.165) is 12.8 Å². The lowest BCUT2D eigenvalue weighted by Gasteiger charge is -2.25. The van der Waals surface area contributed by atoms with E-state index in [0.29, 0.717) is 58.7 Å². The van der Waals surface area contributed by atoms with Crippen LogP contribution < -0.4 is 0 Å². The van der Waals surface area contributed by atoms with Crippen LogP contribution in [0, 0.1) is 17.9 Å². The molecule has 0 aromatic heterocycles. The van der Waals surface area contributed by atoms with Crippen molar-refractivity contribution in [3.05, 3.63) is 11.4 Å². The summed E-state index contributed by atoms with van der Waals surface area (Å²) in [6.07, 6.45) is 2.50. The second kappa shape index (κ2) is 14.5. The highest BCUT2D eigenvalue weighted by molar-refractivity contribution is 5.74. The van der Waals surface area contributed by atoms with Crippen LogP contribution in [0.15, 0.2) is 0 Å². The second-order valence-corrected chi connectivity index (χ2v) is 6.37. The molecule has 3 amide bonds. The number of carbonyl (C=O) groups excluding carboxylic acids is 3. The molecule has 0 aliphatic carbocycles. The zero-order chi connectivity index (χ0) is 20.7. The molecule has 8 heteroatoms. The molecular weight excluding hydrogens is 346 g/mol. The average molecular weight is 377 g/mol. The lowest BCUT2D eigenvalue weighted by molar-refractivity contribution is -0.130. The SMILES string of the molecule is [C-]#[N+]CCN(CCCCN(CCCN(CCC#N)C(C)=O)C(C)=O)C(C)=O. The summed E-state index contributed by atoms with van der Waals surface area (Å²) in [6, 6.07) is 2.03. The molecule has 0 N–H and O–H groups in total. The molecule has 0 aromatic rings. The Kier molecular flexibility index (Phi) is 13.1. The van der Waals surface area contributed by atoms with Gasteiger partial charge in [0.1, 0.15) is 0 Å². The maximum absolute atomic E-state index is 11.8. The molecule has 0 spiro atoms. The topological polar surface area (TPSA) is 89.1 Å². The molecular formula is C19H31N5O3. The molecule has 150 valence electrons. The van der Waals surface area contributed by atoms with Gasteiger partial charge in [-0.1, -0.05) is 0 Å². The fourth-order valence-electron chi connectivity index (χ4n) is 2.69.